The molecule has 1 N–H and O–H groups in total. The van der Waals surface area contributed by atoms with E-state index in [4.69, 9.17) is 4.74 Å². The molecule has 1 atom stereocenters. The summed E-state index contributed by atoms with van der Waals surface area (Å²) >= 11 is 7.12. The molecule has 20 heavy (non-hydrogen) atoms. The lowest BCUT2D eigenvalue weighted by atomic mass is 10.1. The summed E-state index contributed by atoms with van der Waals surface area (Å²) in [6, 6.07) is 4.16. The van der Waals surface area contributed by atoms with E-state index in [1.807, 2.05) is 13.0 Å². The Morgan fingerprint density at radius 3 is 2.85 bits per heavy atom. The molecule has 0 saturated carbocycles. The van der Waals surface area contributed by atoms with Crippen LogP contribution in [0.2, 0.25) is 0 Å². The zero-order chi connectivity index (χ0) is 14.5. The number of likely N-dealkylation sites (tertiary alicyclic amines) is 1. The van der Waals surface area contributed by atoms with Crippen LogP contribution in [0.1, 0.15) is 18.9 Å². The number of ether oxygens (including phenoxy) is 1. The van der Waals surface area contributed by atoms with Crippen molar-refractivity contribution in [3.63, 3.8) is 0 Å². The van der Waals surface area contributed by atoms with Crippen LogP contribution in [0.5, 0.6) is 5.75 Å². The van der Waals surface area contributed by atoms with Crippen molar-refractivity contribution in [2.75, 3.05) is 33.3 Å². The molecule has 1 aromatic carbocycles. The van der Waals surface area contributed by atoms with Crippen molar-refractivity contribution in [2.45, 2.75) is 19.9 Å². The summed E-state index contributed by atoms with van der Waals surface area (Å²) in [6.07, 6.45) is 1.30. The molecular formula is C15H22Br2N2O. The molecule has 0 amide bonds. The Hall–Kier alpha value is -0.100. The van der Waals surface area contributed by atoms with Gasteiger partial charge in [-0.2, -0.15) is 0 Å². The van der Waals surface area contributed by atoms with Crippen molar-refractivity contribution in [1.82, 2.24) is 10.2 Å². The summed E-state index contributed by atoms with van der Waals surface area (Å²) in [5.74, 6) is 1.72. The normalized spacial score (nSPS) is 19.5. The van der Waals surface area contributed by atoms with Crippen LogP contribution in [0.4, 0.5) is 0 Å². The molecule has 1 fully saturated rings. The number of halogens is 2. The van der Waals surface area contributed by atoms with Gasteiger partial charge in [0.2, 0.25) is 0 Å². The van der Waals surface area contributed by atoms with Crippen LogP contribution in [0.25, 0.3) is 0 Å². The van der Waals surface area contributed by atoms with Crippen molar-refractivity contribution >= 4 is 31.9 Å². The molecule has 112 valence electrons. The first-order chi connectivity index (χ1) is 9.60. The molecule has 0 spiro atoms. The van der Waals surface area contributed by atoms with Crippen LogP contribution in [0.15, 0.2) is 21.1 Å². The number of hydrogen-bond acceptors (Lipinski definition) is 3. The van der Waals surface area contributed by atoms with E-state index in [-0.39, 0.29) is 0 Å². The van der Waals surface area contributed by atoms with Gasteiger partial charge in [0, 0.05) is 23.1 Å². The van der Waals surface area contributed by atoms with Crippen molar-refractivity contribution < 1.29 is 4.74 Å². The zero-order valence-electron chi connectivity index (χ0n) is 12.1. The first kappa shape index (κ1) is 16.3. The third-order valence-corrected chi connectivity index (χ3v) is 4.66. The van der Waals surface area contributed by atoms with E-state index in [1.54, 1.807) is 0 Å². The maximum atomic E-state index is 5.75. The van der Waals surface area contributed by atoms with Gasteiger partial charge in [-0.15, -0.1) is 0 Å². The molecule has 0 bridgehead atoms. The maximum Gasteiger partial charge on any atom is 0.138 e. The molecule has 0 radical (unpaired) electrons. The van der Waals surface area contributed by atoms with Gasteiger partial charge in [0.15, 0.2) is 0 Å². The van der Waals surface area contributed by atoms with E-state index in [2.05, 4.69) is 55.2 Å². The molecule has 5 heteroatoms. The lowest BCUT2D eigenvalue weighted by Gasteiger charge is -2.15. The topological polar surface area (TPSA) is 24.5 Å². The predicted molar refractivity (Wildman–Crippen MR) is 90.3 cm³/mol. The SMILES string of the molecule is CCOc1c(Br)cc(Br)cc1CNCC1CCN(C)C1. The van der Waals surface area contributed by atoms with E-state index in [1.165, 1.54) is 25.1 Å². The Balaban J connectivity index is 1.94. The molecule has 1 aliphatic rings. The molecule has 3 nitrogen and oxygen atoms in total. The number of nitrogens with one attached hydrogen (secondary N) is 1. The average molecular weight is 406 g/mol. The molecule has 1 aliphatic heterocycles. The highest BCUT2D eigenvalue weighted by Gasteiger charge is 2.19. The van der Waals surface area contributed by atoms with Gasteiger partial charge in [0.05, 0.1) is 11.1 Å². The molecule has 1 heterocycles. The number of benzene rings is 1. The van der Waals surface area contributed by atoms with E-state index in [0.717, 1.165) is 33.7 Å². The van der Waals surface area contributed by atoms with Crippen LogP contribution in [-0.4, -0.2) is 38.2 Å². The maximum absolute atomic E-state index is 5.75. The van der Waals surface area contributed by atoms with Gasteiger partial charge in [-0.1, -0.05) is 15.9 Å². The Kier molecular flexibility index (Phi) is 6.33. The van der Waals surface area contributed by atoms with E-state index in [0.29, 0.717) is 6.61 Å². The fourth-order valence-electron chi connectivity index (χ4n) is 2.65. The third kappa shape index (κ3) is 4.45. The van der Waals surface area contributed by atoms with Crippen LogP contribution < -0.4 is 10.1 Å². The summed E-state index contributed by atoms with van der Waals surface area (Å²) < 4.78 is 7.83. The first-order valence-electron chi connectivity index (χ1n) is 7.10. The number of nitrogens with zero attached hydrogens (tertiary/aromatic N) is 1. The highest BCUT2D eigenvalue weighted by atomic mass is 79.9. The standard InChI is InChI=1S/C15H22Br2N2O/c1-3-20-15-12(6-13(16)7-14(15)17)9-18-8-11-4-5-19(2)10-11/h6-7,11,18H,3-5,8-10H2,1-2H3. The van der Waals surface area contributed by atoms with Gasteiger partial charge in [0.1, 0.15) is 5.75 Å². The van der Waals surface area contributed by atoms with Crippen LogP contribution >= 0.6 is 31.9 Å². The van der Waals surface area contributed by atoms with E-state index < -0.39 is 0 Å². The molecule has 2 rings (SSSR count). The van der Waals surface area contributed by atoms with Gasteiger partial charge in [-0.3, -0.25) is 0 Å². The molecule has 1 saturated heterocycles. The molecule has 0 aliphatic carbocycles. The van der Waals surface area contributed by atoms with E-state index >= 15 is 0 Å². The number of hydrogen-bond donors (Lipinski definition) is 1. The molecular weight excluding hydrogens is 384 g/mol. The zero-order valence-corrected chi connectivity index (χ0v) is 15.3. The molecule has 0 aromatic heterocycles. The van der Waals surface area contributed by atoms with Gasteiger partial charge in [-0.05, 0) is 67.5 Å². The average Bonchev–Trinajstić information content (AvgIpc) is 2.79. The fourth-order valence-corrected chi connectivity index (χ4v) is 4.08. The highest BCUT2D eigenvalue weighted by Crippen LogP contribution is 2.33. The van der Waals surface area contributed by atoms with E-state index in [9.17, 15) is 0 Å². The third-order valence-electron chi connectivity index (χ3n) is 3.61. The summed E-state index contributed by atoms with van der Waals surface area (Å²) in [5, 5.41) is 3.57. The summed E-state index contributed by atoms with van der Waals surface area (Å²) in [7, 11) is 2.19. The Labute approximate surface area is 138 Å². The highest BCUT2D eigenvalue weighted by molar-refractivity contribution is 9.11. The quantitative estimate of drug-likeness (QED) is 0.781. The van der Waals surface area contributed by atoms with Crippen molar-refractivity contribution in [1.29, 1.82) is 0 Å². The summed E-state index contributed by atoms with van der Waals surface area (Å²) in [6.45, 7) is 7.03. The van der Waals surface area contributed by atoms with Crippen LogP contribution in [0.3, 0.4) is 0 Å². The van der Waals surface area contributed by atoms with Crippen LogP contribution in [-0.2, 0) is 6.54 Å². The monoisotopic (exact) mass is 404 g/mol. The Morgan fingerprint density at radius 2 is 2.20 bits per heavy atom. The lowest BCUT2D eigenvalue weighted by Crippen LogP contribution is -2.25. The minimum atomic E-state index is 0.681. The second-order valence-electron chi connectivity index (χ2n) is 5.36. The fraction of sp³-hybridized carbons (Fsp3) is 0.600. The largest absolute Gasteiger partial charge is 0.492 e. The Bertz CT molecular complexity index is 454. The van der Waals surface area contributed by atoms with Crippen LogP contribution in [0, 0.1) is 5.92 Å². The van der Waals surface area contributed by atoms with Gasteiger partial charge in [0.25, 0.3) is 0 Å². The minimum Gasteiger partial charge on any atom is -0.492 e. The Morgan fingerprint density at radius 1 is 1.40 bits per heavy atom. The van der Waals surface area contributed by atoms with Crippen molar-refractivity contribution in [3.05, 3.63) is 26.6 Å². The van der Waals surface area contributed by atoms with Gasteiger partial charge in [-0.25, -0.2) is 0 Å². The number of rotatable bonds is 6. The van der Waals surface area contributed by atoms with Crippen molar-refractivity contribution in [3.8, 4) is 5.75 Å². The molecule has 1 aromatic rings. The summed E-state index contributed by atoms with van der Waals surface area (Å²) in [4.78, 5) is 2.40. The predicted octanol–water partition coefficient (Wildman–Crippen LogP) is 3.65. The molecule has 1 unspecified atom stereocenters. The second-order valence-corrected chi connectivity index (χ2v) is 7.13. The smallest absolute Gasteiger partial charge is 0.138 e. The second kappa shape index (κ2) is 7.78. The minimum absolute atomic E-state index is 0.681. The first-order valence-corrected chi connectivity index (χ1v) is 8.68. The lowest BCUT2D eigenvalue weighted by molar-refractivity contribution is 0.332. The summed E-state index contributed by atoms with van der Waals surface area (Å²) in [5.41, 5.74) is 1.19. The van der Waals surface area contributed by atoms with Gasteiger partial charge >= 0.3 is 0 Å². The van der Waals surface area contributed by atoms with Gasteiger partial charge < -0.3 is 15.0 Å². The van der Waals surface area contributed by atoms with Crippen molar-refractivity contribution in [2.24, 2.45) is 5.92 Å².